The molecule has 0 aliphatic carbocycles. The summed E-state index contributed by atoms with van der Waals surface area (Å²) >= 11 is 0. The number of nitro groups is 1. The van der Waals surface area contributed by atoms with Gasteiger partial charge in [0.2, 0.25) is 5.75 Å². The van der Waals surface area contributed by atoms with Crippen molar-refractivity contribution in [3.63, 3.8) is 0 Å². The molecule has 5 nitrogen and oxygen atoms in total. The highest BCUT2D eigenvalue weighted by Crippen LogP contribution is 2.25. The van der Waals surface area contributed by atoms with E-state index in [4.69, 9.17) is 0 Å². The molecule has 1 aromatic rings. The second-order valence-corrected chi connectivity index (χ2v) is 2.08. The zero-order chi connectivity index (χ0) is 9.68. The summed E-state index contributed by atoms with van der Waals surface area (Å²) in [6, 6.07) is 5.76. The lowest BCUT2D eigenvalue weighted by Gasteiger charge is -1.98. The Kier molecular flexibility index (Phi) is 2.78. The molecule has 0 bridgehead atoms. The molecule has 0 unspecified atom stereocenters. The summed E-state index contributed by atoms with van der Waals surface area (Å²) in [6.45, 7) is 0. The van der Waals surface area contributed by atoms with Gasteiger partial charge in [0.25, 0.3) is 0 Å². The number of hydrogen-bond donors (Lipinski definition) is 0. The normalized spacial score (nSPS) is 8.62. The van der Waals surface area contributed by atoms with E-state index in [0.717, 1.165) is 6.26 Å². The van der Waals surface area contributed by atoms with Crippen molar-refractivity contribution in [1.29, 1.82) is 0 Å². The quantitative estimate of drug-likeness (QED) is 0.303. The van der Waals surface area contributed by atoms with Crippen LogP contribution in [0.15, 0.2) is 30.5 Å². The fraction of sp³-hybridized carbons (Fsp3) is 0. The number of para-hydroxylation sites is 2. The van der Waals surface area contributed by atoms with Gasteiger partial charge in [-0.2, -0.15) is 0 Å². The zero-order valence-corrected chi connectivity index (χ0v) is 6.47. The third-order valence-electron chi connectivity index (χ3n) is 1.30. The molecule has 0 spiro atoms. The predicted molar refractivity (Wildman–Crippen MR) is 44.0 cm³/mol. The van der Waals surface area contributed by atoms with Gasteiger partial charge >= 0.3 is 5.69 Å². The third kappa shape index (κ3) is 2.15. The molecule has 0 saturated heterocycles. The monoisotopic (exact) mass is 179 g/mol. The Morgan fingerprint density at radius 3 is 2.77 bits per heavy atom. The first-order valence-electron chi connectivity index (χ1n) is 3.35. The molecular formula is C8H5NO4. The molecule has 66 valence electrons. The molecule has 0 aliphatic heterocycles. The standard InChI is InChI=1S/C8H5NO4/c10-5-6-13-8-4-2-1-3-7(8)9(11)12/h1-4,6H. The van der Waals surface area contributed by atoms with Gasteiger partial charge in [0.15, 0.2) is 12.2 Å². The Balaban J connectivity index is 3.04. The smallest absolute Gasteiger partial charge is 0.311 e. The Labute approximate surface area is 73.4 Å². The van der Waals surface area contributed by atoms with Crippen LogP contribution >= 0.6 is 0 Å². The van der Waals surface area contributed by atoms with Crippen LogP contribution in [-0.4, -0.2) is 10.9 Å². The minimum Gasteiger partial charge on any atom is -0.446 e. The number of benzene rings is 1. The van der Waals surface area contributed by atoms with Gasteiger partial charge < -0.3 is 4.74 Å². The van der Waals surface area contributed by atoms with Crippen LogP contribution in [0, 0.1) is 10.1 Å². The van der Waals surface area contributed by atoms with Crippen LogP contribution in [0.25, 0.3) is 0 Å². The predicted octanol–water partition coefficient (Wildman–Crippen LogP) is 1.32. The highest BCUT2D eigenvalue weighted by molar-refractivity contribution is 5.49. The van der Waals surface area contributed by atoms with E-state index in [-0.39, 0.29) is 11.4 Å². The second kappa shape index (κ2) is 4.04. The van der Waals surface area contributed by atoms with Crippen molar-refractivity contribution in [2.75, 3.05) is 0 Å². The number of hydrogen-bond acceptors (Lipinski definition) is 4. The van der Waals surface area contributed by atoms with Gasteiger partial charge in [-0.15, -0.1) is 0 Å². The van der Waals surface area contributed by atoms with Crippen LogP contribution in [0.2, 0.25) is 0 Å². The summed E-state index contributed by atoms with van der Waals surface area (Å²) in [5.41, 5.74) is -0.186. The largest absolute Gasteiger partial charge is 0.446 e. The van der Waals surface area contributed by atoms with Crippen molar-refractivity contribution in [3.8, 4) is 5.75 Å². The van der Waals surface area contributed by atoms with E-state index < -0.39 is 4.92 Å². The van der Waals surface area contributed by atoms with Crippen molar-refractivity contribution >= 4 is 11.6 Å². The number of rotatable bonds is 3. The number of ether oxygens (including phenoxy) is 1. The Hall–Kier alpha value is -2.13. The second-order valence-electron chi connectivity index (χ2n) is 2.08. The Morgan fingerprint density at radius 2 is 2.15 bits per heavy atom. The molecule has 0 fully saturated rings. The maximum atomic E-state index is 10.4. The topological polar surface area (TPSA) is 69.4 Å². The SMILES string of the molecule is O=C=COc1ccccc1[N+](=O)[O-]. The molecule has 1 rings (SSSR count). The van der Waals surface area contributed by atoms with E-state index >= 15 is 0 Å². The minimum atomic E-state index is -0.589. The average Bonchev–Trinajstić information content (AvgIpc) is 2.15. The molecule has 0 amide bonds. The summed E-state index contributed by atoms with van der Waals surface area (Å²) in [5.74, 6) is 1.39. The molecule has 0 aromatic heterocycles. The molecule has 0 saturated carbocycles. The van der Waals surface area contributed by atoms with E-state index in [9.17, 15) is 14.9 Å². The van der Waals surface area contributed by atoms with E-state index in [1.165, 1.54) is 24.1 Å². The molecule has 13 heavy (non-hydrogen) atoms. The lowest BCUT2D eigenvalue weighted by Crippen LogP contribution is -1.92. The minimum absolute atomic E-state index is 0.0239. The van der Waals surface area contributed by atoms with Gasteiger partial charge in [0.05, 0.1) is 4.92 Å². The van der Waals surface area contributed by atoms with Crippen molar-refractivity contribution in [2.45, 2.75) is 0 Å². The van der Waals surface area contributed by atoms with Crippen LogP contribution in [0.4, 0.5) is 5.69 Å². The van der Waals surface area contributed by atoms with Crippen molar-refractivity contribution in [2.24, 2.45) is 0 Å². The molecule has 0 heterocycles. The summed E-state index contributed by atoms with van der Waals surface area (Å²) in [5, 5.41) is 10.4. The lowest BCUT2D eigenvalue weighted by molar-refractivity contribution is -0.385. The molecule has 0 radical (unpaired) electrons. The summed E-state index contributed by atoms with van der Waals surface area (Å²) < 4.78 is 4.66. The van der Waals surface area contributed by atoms with Crippen molar-refractivity contribution in [3.05, 3.63) is 40.6 Å². The lowest BCUT2D eigenvalue weighted by atomic mass is 10.3. The molecule has 0 N–H and O–H groups in total. The molecule has 1 aromatic carbocycles. The first-order valence-corrected chi connectivity index (χ1v) is 3.35. The highest BCUT2D eigenvalue weighted by Gasteiger charge is 2.12. The first-order chi connectivity index (χ1) is 6.25. The summed E-state index contributed by atoms with van der Waals surface area (Å²) in [4.78, 5) is 19.6. The van der Waals surface area contributed by atoms with E-state index in [0.29, 0.717) is 0 Å². The van der Waals surface area contributed by atoms with Crippen molar-refractivity contribution in [1.82, 2.24) is 0 Å². The van der Waals surface area contributed by atoms with Crippen LogP contribution in [0.1, 0.15) is 0 Å². The van der Waals surface area contributed by atoms with E-state index in [1.54, 1.807) is 6.07 Å². The first kappa shape index (κ1) is 8.96. The van der Waals surface area contributed by atoms with Gasteiger partial charge in [-0.1, -0.05) is 12.1 Å². The van der Waals surface area contributed by atoms with E-state index in [2.05, 4.69) is 4.74 Å². The molecule has 0 aliphatic rings. The Morgan fingerprint density at radius 1 is 1.46 bits per heavy atom. The van der Waals surface area contributed by atoms with Crippen molar-refractivity contribution < 1.29 is 14.5 Å². The molecular weight excluding hydrogens is 174 g/mol. The average molecular weight is 179 g/mol. The fourth-order valence-electron chi connectivity index (χ4n) is 0.795. The van der Waals surface area contributed by atoms with Gasteiger partial charge in [0.1, 0.15) is 0 Å². The summed E-state index contributed by atoms with van der Waals surface area (Å²) in [6.07, 6.45) is 0.725. The number of nitro benzene ring substituents is 1. The van der Waals surface area contributed by atoms with Gasteiger partial charge in [-0.3, -0.25) is 10.1 Å². The molecule has 0 atom stereocenters. The zero-order valence-electron chi connectivity index (χ0n) is 6.47. The van der Waals surface area contributed by atoms with Crippen LogP contribution in [-0.2, 0) is 4.79 Å². The van der Waals surface area contributed by atoms with Gasteiger partial charge in [-0.05, 0) is 6.07 Å². The number of carbonyl (C=O) groups excluding carboxylic acids is 1. The Bertz CT molecular complexity index is 368. The maximum Gasteiger partial charge on any atom is 0.311 e. The van der Waals surface area contributed by atoms with Gasteiger partial charge in [-0.25, -0.2) is 4.79 Å². The third-order valence-corrected chi connectivity index (χ3v) is 1.30. The molecule has 5 heteroatoms. The van der Waals surface area contributed by atoms with Crippen LogP contribution < -0.4 is 4.74 Å². The van der Waals surface area contributed by atoms with Crippen LogP contribution in [0.5, 0.6) is 5.75 Å². The highest BCUT2D eigenvalue weighted by atomic mass is 16.6. The van der Waals surface area contributed by atoms with Gasteiger partial charge in [0, 0.05) is 6.07 Å². The summed E-state index contributed by atoms with van der Waals surface area (Å²) in [7, 11) is 0. The maximum absolute atomic E-state index is 10.4. The van der Waals surface area contributed by atoms with E-state index in [1.807, 2.05) is 0 Å². The number of nitrogens with zero attached hydrogens (tertiary/aromatic N) is 1. The fourth-order valence-corrected chi connectivity index (χ4v) is 0.795. The van der Waals surface area contributed by atoms with Crippen LogP contribution in [0.3, 0.4) is 0 Å².